The first kappa shape index (κ1) is 14.9. The zero-order valence-corrected chi connectivity index (χ0v) is 12.2. The number of nitrogens with two attached hydrogens (primary N) is 1. The zero-order valence-electron chi connectivity index (χ0n) is 11.4. The van der Waals surface area contributed by atoms with Gasteiger partial charge in [0.15, 0.2) is 0 Å². The molecule has 1 unspecified atom stereocenters. The van der Waals surface area contributed by atoms with Crippen molar-refractivity contribution in [1.29, 1.82) is 0 Å². The van der Waals surface area contributed by atoms with Crippen molar-refractivity contribution in [2.45, 2.75) is 25.8 Å². The summed E-state index contributed by atoms with van der Waals surface area (Å²) < 4.78 is 0. The van der Waals surface area contributed by atoms with Gasteiger partial charge in [-0.25, -0.2) is 0 Å². The molecule has 3 N–H and O–H groups in total. The summed E-state index contributed by atoms with van der Waals surface area (Å²) in [6.45, 7) is 2.65. The molecule has 0 saturated carbocycles. The van der Waals surface area contributed by atoms with Gasteiger partial charge in [0, 0.05) is 19.0 Å². The maximum Gasteiger partial charge on any atom is 0.307 e. The van der Waals surface area contributed by atoms with E-state index < -0.39 is 5.97 Å². The number of nitrogens with zero attached hydrogens (tertiary/aromatic N) is 1. The first-order valence-electron chi connectivity index (χ1n) is 6.86. The number of rotatable bonds is 5. The number of aliphatic carboxylic acids is 1. The topological polar surface area (TPSA) is 66.6 Å². The van der Waals surface area contributed by atoms with Crippen LogP contribution < -0.4 is 5.73 Å². The van der Waals surface area contributed by atoms with Crippen LogP contribution in [-0.2, 0) is 17.8 Å². The number of likely N-dealkylation sites (tertiary alicyclic amines) is 1. The minimum absolute atomic E-state index is 0.0722. The van der Waals surface area contributed by atoms with Crippen molar-refractivity contribution in [3.63, 3.8) is 0 Å². The molecule has 1 aliphatic rings. The number of carboxylic acid groups (broad SMARTS) is 1. The van der Waals surface area contributed by atoms with Crippen LogP contribution in [0.5, 0.6) is 0 Å². The Bertz CT molecular complexity index is 504. The van der Waals surface area contributed by atoms with Gasteiger partial charge in [0.1, 0.15) is 0 Å². The monoisotopic (exact) mass is 292 g/mol. The molecule has 4 nitrogen and oxygen atoms in total. The molecule has 0 radical (unpaired) electrons. The highest BCUT2D eigenvalue weighted by molar-refractivity contribution is 7.80. The van der Waals surface area contributed by atoms with Gasteiger partial charge in [0.25, 0.3) is 0 Å². The molecule has 1 heterocycles. The fourth-order valence-corrected chi connectivity index (χ4v) is 2.91. The number of hydrogen-bond donors (Lipinski definition) is 2. The van der Waals surface area contributed by atoms with Crippen LogP contribution in [0.25, 0.3) is 0 Å². The van der Waals surface area contributed by atoms with Crippen LogP contribution in [0.2, 0.25) is 0 Å². The molecule has 0 bridgehead atoms. The van der Waals surface area contributed by atoms with Crippen molar-refractivity contribution in [3.8, 4) is 0 Å². The standard InChI is InChI=1S/C15H20N2O2S/c16-15(20)13-6-3-7-17(10-13)9-12-5-2-1-4-11(12)8-14(18)19/h1-2,4-5,13H,3,6-10H2,(H2,16,20)(H,18,19). The minimum atomic E-state index is -0.794. The Hall–Kier alpha value is -1.46. The van der Waals surface area contributed by atoms with E-state index >= 15 is 0 Å². The third-order valence-electron chi connectivity index (χ3n) is 3.76. The average Bonchev–Trinajstić information content (AvgIpc) is 2.41. The van der Waals surface area contributed by atoms with Gasteiger partial charge in [-0.2, -0.15) is 0 Å². The molecule has 2 rings (SSSR count). The summed E-state index contributed by atoms with van der Waals surface area (Å²) in [6.07, 6.45) is 2.22. The van der Waals surface area contributed by atoms with Crippen molar-refractivity contribution in [2.75, 3.05) is 13.1 Å². The van der Waals surface area contributed by atoms with Crippen molar-refractivity contribution in [1.82, 2.24) is 4.90 Å². The third kappa shape index (κ3) is 4.02. The average molecular weight is 292 g/mol. The predicted octanol–water partition coefficient (Wildman–Crippen LogP) is 1.81. The van der Waals surface area contributed by atoms with E-state index in [1.165, 1.54) is 0 Å². The highest BCUT2D eigenvalue weighted by atomic mass is 32.1. The fraction of sp³-hybridized carbons (Fsp3) is 0.467. The Labute approximate surface area is 124 Å². The van der Waals surface area contributed by atoms with E-state index in [2.05, 4.69) is 4.90 Å². The first-order valence-corrected chi connectivity index (χ1v) is 7.27. The molecule has 0 aromatic heterocycles. The van der Waals surface area contributed by atoms with Gasteiger partial charge in [-0.3, -0.25) is 9.69 Å². The van der Waals surface area contributed by atoms with Crippen LogP contribution in [0.15, 0.2) is 24.3 Å². The largest absolute Gasteiger partial charge is 0.481 e. The summed E-state index contributed by atoms with van der Waals surface area (Å²) in [7, 11) is 0. The van der Waals surface area contributed by atoms with E-state index in [0.29, 0.717) is 4.99 Å². The van der Waals surface area contributed by atoms with E-state index in [1.54, 1.807) is 0 Å². The lowest BCUT2D eigenvalue weighted by molar-refractivity contribution is -0.136. The summed E-state index contributed by atoms with van der Waals surface area (Å²) in [5.41, 5.74) is 7.71. The highest BCUT2D eigenvalue weighted by Gasteiger charge is 2.22. The highest BCUT2D eigenvalue weighted by Crippen LogP contribution is 2.20. The van der Waals surface area contributed by atoms with E-state index in [-0.39, 0.29) is 12.3 Å². The lowest BCUT2D eigenvalue weighted by atomic mass is 9.96. The minimum Gasteiger partial charge on any atom is -0.481 e. The van der Waals surface area contributed by atoms with E-state index in [4.69, 9.17) is 23.1 Å². The number of carboxylic acids is 1. The molecule has 1 atom stereocenters. The third-order valence-corrected chi connectivity index (χ3v) is 4.10. The molecule has 0 spiro atoms. The smallest absolute Gasteiger partial charge is 0.307 e. The SMILES string of the molecule is NC(=S)C1CCCN(Cc2ccccc2CC(=O)O)C1. The quantitative estimate of drug-likeness (QED) is 0.810. The van der Waals surface area contributed by atoms with E-state index in [9.17, 15) is 4.79 Å². The predicted molar refractivity (Wildman–Crippen MR) is 82.6 cm³/mol. The summed E-state index contributed by atoms with van der Waals surface area (Å²) in [5.74, 6) is -0.512. The lowest BCUT2D eigenvalue weighted by Crippen LogP contribution is -2.40. The van der Waals surface area contributed by atoms with Gasteiger partial charge in [0.2, 0.25) is 0 Å². The van der Waals surface area contributed by atoms with Crippen molar-refractivity contribution in [2.24, 2.45) is 11.7 Å². The second-order valence-electron chi connectivity index (χ2n) is 5.32. The van der Waals surface area contributed by atoms with Gasteiger partial charge in [-0.15, -0.1) is 0 Å². The van der Waals surface area contributed by atoms with Crippen LogP contribution in [0, 0.1) is 5.92 Å². The normalized spacial score (nSPS) is 19.7. The van der Waals surface area contributed by atoms with Gasteiger partial charge in [-0.1, -0.05) is 36.5 Å². The molecule has 0 amide bonds. The number of carbonyl (C=O) groups is 1. The van der Waals surface area contributed by atoms with Gasteiger partial charge in [-0.05, 0) is 30.5 Å². The Morgan fingerprint density at radius 1 is 1.40 bits per heavy atom. The van der Waals surface area contributed by atoms with Crippen molar-refractivity contribution >= 4 is 23.2 Å². The first-order chi connectivity index (χ1) is 9.56. The lowest BCUT2D eigenvalue weighted by Gasteiger charge is -2.32. The van der Waals surface area contributed by atoms with Crippen molar-refractivity contribution < 1.29 is 9.90 Å². The Morgan fingerprint density at radius 2 is 2.10 bits per heavy atom. The Kier molecular flexibility index (Phi) is 5.09. The number of hydrogen-bond acceptors (Lipinski definition) is 3. The van der Waals surface area contributed by atoms with Crippen molar-refractivity contribution in [3.05, 3.63) is 35.4 Å². The summed E-state index contributed by atoms with van der Waals surface area (Å²) in [5, 5.41) is 8.96. The molecule has 108 valence electrons. The number of piperidine rings is 1. The molecule has 0 aliphatic carbocycles. The maximum atomic E-state index is 10.9. The molecule has 1 aromatic carbocycles. The van der Waals surface area contributed by atoms with Crippen LogP contribution in [-0.4, -0.2) is 34.1 Å². The number of benzene rings is 1. The second kappa shape index (κ2) is 6.81. The van der Waals surface area contributed by atoms with E-state index in [0.717, 1.165) is 43.6 Å². The summed E-state index contributed by atoms with van der Waals surface area (Å²) >= 11 is 5.09. The van der Waals surface area contributed by atoms with E-state index in [1.807, 2.05) is 24.3 Å². The maximum absolute atomic E-state index is 10.9. The van der Waals surface area contributed by atoms with Crippen LogP contribution >= 0.6 is 12.2 Å². The molecule has 5 heteroatoms. The molecular weight excluding hydrogens is 272 g/mol. The summed E-state index contributed by atoms with van der Waals surface area (Å²) in [4.78, 5) is 13.8. The van der Waals surface area contributed by atoms with Gasteiger partial charge < -0.3 is 10.8 Å². The molecule has 20 heavy (non-hydrogen) atoms. The Balaban J connectivity index is 2.05. The van der Waals surface area contributed by atoms with Gasteiger partial charge >= 0.3 is 5.97 Å². The molecular formula is C15H20N2O2S. The zero-order chi connectivity index (χ0) is 14.5. The molecule has 1 aromatic rings. The number of thiocarbonyl (C=S) groups is 1. The summed E-state index contributed by atoms with van der Waals surface area (Å²) in [6, 6.07) is 7.73. The van der Waals surface area contributed by atoms with Crippen LogP contribution in [0.4, 0.5) is 0 Å². The van der Waals surface area contributed by atoms with Gasteiger partial charge in [0.05, 0.1) is 11.4 Å². The Morgan fingerprint density at radius 3 is 2.75 bits per heavy atom. The second-order valence-corrected chi connectivity index (χ2v) is 5.79. The van der Waals surface area contributed by atoms with Crippen LogP contribution in [0.1, 0.15) is 24.0 Å². The molecule has 1 aliphatic heterocycles. The molecule has 1 fully saturated rings. The molecule has 1 saturated heterocycles. The fourth-order valence-electron chi connectivity index (χ4n) is 2.72. The van der Waals surface area contributed by atoms with Crippen LogP contribution in [0.3, 0.4) is 0 Å².